The Morgan fingerprint density at radius 3 is 2.18 bits per heavy atom. The summed E-state index contributed by atoms with van der Waals surface area (Å²) in [4.78, 5) is 37.1. The van der Waals surface area contributed by atoms with Crippen molar-refractivity contribution < 1.29 is 14.4 Å². The minimum Gasteiger partial charge on any atom is -0.397 e. The van der Waals surface area contributed by atoms with Crippen molar-refractivity contribution in [2.75, 3.05) is 16.4 Å². The van der Waals surface area contributed by atoms with Gasteiger partial charge in [-0.25, -0.2) is 0 Å². The van der Waals surface area contributed by atoms with Gasteiger partial charge in [-0.1, -0.05) is 36.4 Å². The van der Waals surface area contributed by atoms with Crippen LogP contribution in [-0.2, 0) is 4.79 Å². The van der Waals surface area contributed by atoms with Crippen molar-refractivity contribution >= 4 is 40.2 Å². The highest BCUT2D eigenvalue weighted by molar-refractivity contribution is 6.30. The zero-order valence-electron chi connectivity index (χ0n) is 15.1. The molecule has 0 bridgehead atoms. The minimum absolute atomic E-state index is 0.172. The van der Waals surface area contributed by atoms with Crippen LogP contribution < -0.4 is 16.4 Å². The second kappa shape index (κ2) is 6.66. The van der Waals surface area contributed by atoms with Crippen LogP contribution in [0.25, 0.3) is 0 Å². The second-order valence-corrected chi connectivity index (χ2v) is 6.54. The molecule has 0 aromatic heterocycles. The number of nitrogens with one attached hydrogen (secondary N) is 2. The summed E-state index contributed by atoms with van der Waals surface area (Å²) in [6.07, 6.45) is 0. The summed E-state index contributed by atoms with van der Waals surface area (Å²) < 4.78 is 0. The smallest absolute Gasteiger partial charge is 0.221 e. The third-order valence-electron chi connectivity index (χ3n) is 4.59. The molecule has 0 spiro atoms. The lowest BCUT2D eigenvalue weighted by Gasteiger charge is -2.21. The quantitative estimate of drug-likeness (QED) is 0.476. The zero-order chi connectivity index (χ0) is 19.8. The van der Waals surface area contributed by atoms with Crippen LogP contribution in [0.15, 0.2) is 60.7 Å². The Morgan fingerprint density at radius 2 is 1.50 bits per heavy atom. The van der Waals surface area contributed by atoms with E-state index in [1.165, 1.54) is 6.92 Å². The number of anilines is 4. The molecular formula is C22H17N3O3. The average Bonchev–Trinajstić information content (AvgIpc) is 2.68. The van der Waals surface area contributed by atoms with E-state index in [1.54, 1.807) is 60.7 Å². The van der Waals surface area contributed by atoms with Crippen molar-refractivity contribution in [3.05, 3.63) is 82.9 Å². The lowest BCUT2D eigenvalue weighted by molar-refractivity contribution is -0.114. The molecule has 3 aromatic carbocycles. The molecule has 4 N–H and O–H groups in total. The van der Waals surface area contributed by atoms with Crippen LogP contribution in [0.4, 0.5) is 22.7 Å². The molecule has 0 aliphatic heterocycles. The molecule has 0 saturated carbocycles. The molecule has 0 unspecified atom stereocenters. The van der Waals surface area contributed by atoms with Gasteiger partial charge in [-0.05, 0) is 24.3 Å². The van der Waals surface area contributed by atoms with Gasteiger partial charge < -0.3 is 16.4 Å². The molecule has 138 valence electrons. The van der Waals surface area contributed by atoms with Gasteiger partial charge in [-0.3, -0.25) is 14.4 Å². The Morgan fingerprint density at radius 1 is 0.821 bits per heavy atom. The van der Waals surface area contributed by atoms with Crippen LogP contribution in [0, 0.1) is 0 Å². The van der Waals surface area contributed by atoms with Gasteiger partial charge in [0.15, 0.2) is 11.6 Å². The van der Waals surface area contributed by atoms with E-state index in [1.807, 2.05) is 0 Å². The van der Waals surface area contributed by atoms with Crippen molar-refractivity contribution in [2.45, 2.75) is 6.92 Å². The van der Waals surface area contributed by atoms with Crippen molar-refractivity contribution in [2.24, 2.45) is 0 Å². The summed E-state index contributed by atoms with van der Waals surface area (Å²) in [5.41, 5.74) is 9.59. The first-order chi connectivity index (χ1) is 13.5. The normalized spacial score (nSPS) is 12.2. The fourth-order valence-electron chi connectivity index (χ4n) is 3.35. The van der Waals surface area contributed by atoms with Gasteiger partial charge in [-0.2, -0.15) is 0 Å². The number of benzene rings is 3. The summed E-state index contributed by atoms with van der Waals surface area (Å²) in [5, 5.41) is 5.82. The van der Waals surface area contributed by atoms with E-state index < -0.39 is 0 Å². The maximum atomic E-state index is 13.0. The molecule has 1 amide bonds. The van der Waals surface area contributed by atoms with Gasteiger partial charge in [0.1, 0.15) is 0 Å². The van der Waals surface area contributed by atoms with Gasteiger partial charge >= 0.3 is 0 Å². The van der Waals surface area contributed by atoms with Crippen LogP contribution in [0.5, 0.6) is 0 Å². The number of nitrogen functional groups attached to an aromatic ring is 1. The molecular weight excluding hydrogens is 354 g/mol. The predicted octanol–water partition coefficient (Wildman–Crippen LogP) is 3.75. The summed E-state index contributed by atoms with van der Waals surface area (Å²) in [5.74, 6) is -0.585. The molecule has 6 heteroatoms. The number of rotatable bonds is 3. The molecule has 28 heavy (non-hydrogen) atoms. The highest BCUT2D eigenvalue weighted by Crippen LogP contribution is 2.34. The van der Waals surface area contributed by atoms with Crippen LogP contribution >= 0.6 is 0 Å². The fraction of sp³-hybridized carbons (Fsp3) is 0.0455. The number of hydrogen-bond acceptors (Lipinski definition) is 5. The van der Waals surface area contributed by atoms with E-state index in [-0.39, 0.29) is 17.5 Å². The van der Waals surface area contributed by atoms with Gasteiger partial charge in [0.05, 0.1) is 22.6 Å². The van der Waals surface area contributed by atoms with E-state index in [4.69, 9.17) is 5.73 Å². The molecule has 3 aromatic rings. The first-order valence-corrected chi connectivity index (χ1v) is 8.71. The van der Waals surface area contributed by atoms with Crippen molar-refractivity contribution in [1.29, 1.82) is 0 Å². The molecule has 1 aliphatic rings. The molecule has 0 heterocycles. The van der Waals surface area contributed by atoms with E-state index in [9.17, 15) is 14.4 Å². The average molecular weight is 371 g/mol. The number of fused-ring (bicyclic) bond motifs is 2. The number of nitrogens with two attached hydrogens (primary N) is 1. The fourth-order valence-corrected chi connectivity index (χ4v) is 3.35. The summed E-state index contributed by atoms with van der Waals surface area (Å²) in [6.45, 7) is 1.41. The van der Waals surface area contributed by atoms with Crippen LogP contribution in [0.2, 0.25) is 0 Å². The van der Waals surface area contributed by atoms with Crippen LogP contribution in [-0.4, -0.2) is 17.5 Å². The maximum Gasteiger partial charge on any atom is 0.221 e. The van der Waals surface area contributed by atoms with Crippen LogP contribution in [0.1, 0.15) is 38.8 Å². The van der Waals surface area contributed by atoms with Gasteiger partial charge in [0.25, 0.3) is 0 Å². The number of carbonyl (C=O) groups is 3. The maximum absolute atomic E-state index is 13.0. The second-order valence-electron chi connectivity index (χ2n) is 6.54. The molecule has 0 radical (unpaired) electrons. The number of carbonyl (C=O) groups excluding carboxylic acids is 3. The molecule has 0 saturated heterocycles. The van der Waals surface area contributed by atoms with Gasteiger partial charge in [0, 0.05) is 29.3 Å². The van der Waals surface area contributed by atoms with Gasteiger partial charge in [0.2, 0.25) is 5.91 Å². The SMILES string of the molecule is CC(=O)Nc1ccc(Nc2cccc3c2C(=O)c2ccccc2C3=O)cc1N. The topological polar surface area (TPSA) is 101 Å². The zero-order valence-corrected chi connectivity index (χ0v) is 15.1. The molecule has 0 fully saturated rings. The Kier molecular flexibility index (Phi) is 4.16. The van der Waals surface area contributed by atoms with Crippen LogP contribution in [0.3, 0.4) is 0 Å². The highest BCUT2D eigenvalue weighted by atomic mass is 16.1. The number of ketones is 2. The third kappa shape index (κ3) is 2.91. The summed E-state index contributed by atoms with van der Waals surface area (Å²) in [6, 6.07) is 17.0. The van der Waals surface area contributed by atoms with E-state index in [0.717, 1.165) is 0 Å². The largest absolute Gasteiger partial charge is 0.397 e. The molecule has 4 rings (SSSR count). The van der Waals surface area contributed by atoms with Gasteiger partial charge in [-0.15, -0.1) is 0 Å². The molecule has 0 atom stereocenters. The number of hydrogen-bond donors (Lipinski definition) is 3. The Hall–Kier alpha value is -3.93. The van der Waals surface area contributed by atoms with E-state index in [2.05, 4.69) is 10.6 Å². The minimum atomic E-state index is -0.215. The lowest BCUT2D eigenvalue weighted by Crippen LogP contribution is -2.22. The summed E-state index contributed by atoms with van der Waals surface area (Å²) in [7, 11) is 0. The Bertz CT molecular complexity index is 1150. The van der Waals surface area contributed by atoms with Crippen molar-refractivity contribution in [3.63, 3.8) is 0 Å². The van der Waals surface area contributed by atoms with E-state index in [0.29, 0.717) is 45.0 Å². The first kappa shape index (κ1) is 17.5. The monoisotopic (exact) mass is 371 g/mol. The standard InChI is InChI=1S/C22H17N3O3/c1-12(26)24-18-10-9-13(11-17(18)23)25-19-8-4-7-16-20(19)22(28)15-6-3-2-5-14(15)21(16)27/h2-11,25H,23H2,1H3,(H,24,26). The van der Waals surface area contributed by atoms with Crippen molar-refractivity contribution in [1.82, 2.24) is 0 Å². The molecule has 1 aliphatic carbocycles. The summed E-state index contributed by atoms with van der Waals surface area (Å²) >= 11 is 0. The Balaban J connectivity index is 1.74. The third-order valence-corrected chi connectivity index (χ3v) is 4.59. The van der Waals surface area contributed by atoms with E-state index >= 15 is 0 Å². The Labute approximate surface area is 161 Å². The first-order valence-electron chi connectivity index (χ1n) is 8.71. The predicted molar refractivity (Wildman–Crippen MR) is 108 cm³/mol. The lowest BCUT2D eigenvalue weighted by atomic mass is 9.83. The highest BCUT2D eigenvalue weighted by Gasteiger charge is 2.31. The van der Waals surface area contributed by atoms with Crippen molar-refractivity contribution in [3.8, 4) is 0 Å². The molecule has 6 nitrogen and oxygen atoms in total. The number of amides is 1.